The molecule has 0 amide bonds. The molecule has 98 valence electrons. The van der Waals surface area contributed by atoms with Gasteiger partial charge in [-0.25, -0.2) is 0 Å². The SMILES string of the molecule is C/C=C\C=NC(C)CNCCN1CCNCC1. The van der Waals surface area contributed by atoms with E-state index in [1.165, 1.54) is 13.1 Å². The average molecular weight is 238 g/mol. The zero-order valence-electron chi connectivity index (χ0n) is 11.2. The third-order valence-electron chi connectivity index (χ3n) is 2.87. The number of rotatable bonds is 7. The van der Waals surface area contributed by atoms with Crippen molar-refractivity contribution >= 4 is 6.21 Å². The maximum Gasteiger partial charge on any atom is 0.0595 e. The molecule has 1 aliphatic rings. The van der Waals surface area contributed by atoms with Crippen LogP contribution in [-0.4, -0.2) is 63.0 Å². The summed E-state index contributed by atoms with van der Waals surface area (Å²) in [5.41, 5.74) is 0. The highest BCUT2D eigenvalue weighted by Gasteiger charge is 2.08. The Morgan fingerprint density at radius 1 is 1.41 bits per heavy atom. The van der Waals surface area contributed by atoms with Gasteiger partial charge in [0.05, 0.1) is 6.04 Å². The Labute approximate surface area is 105 Å². The first-order chi connectivity index (χ1) is 8.33. The highest BCUT2D eigenvalue weighted by molar-refractivity contribution is 5.70. The second-order valence-electron chi connectivity index (χ2n) is 4.47. The smallest absolute Gasteiger partial charge is 0.0595 e. The van der Waals surface area contributed by atoms with Crippen LogP contribution in [0.3, 0.4) is 0 Å². The van der Waals surface area contributed by atoms with Crippen molar-refractivity contribution in [2.24, 2.45) is 4.99 Å². The molecule has 17 heavy (non-hydrogen) atoms. The van der Waals surface area contributed by atoms with Crippen LogP contribution in [0.2, 0.25) is 0 Å². The number of nitrogens with zero attached hydrogens (tertiary/aromatic N) is 2. The molecule has 1 unspecified atom stereocenters. The lowest BCUT2D eigenvalue weighted by atomic mass is 10.3. The van der Waals surface area contributed by atoms with Gasteiger partial charge in [0.1, 0.15) is 0 Å². The molecule has 0 aromatic rings. The predicted octanol–water partition coefficient (Wildman–Crippen LogP) is 0.517. The molecule has 4 heteroatoms. The number of aliphatic imine (C=N–C) groups is 1. The van der Waals surface area contributed by atoms with Gasteiger partial charge in [0.2, 0.25) is 0 Å². The average Bonchev–Trinajstić information content (AvgIpc) is 2.36. The Morgan fingerprint density at radius 3 is 2.88 bits per heavy atom. The van der Waals surface area contributed by atoms with E-state index in [1.807, 2.05) is 25.3 Å². The first kappa shape index (κ1) is 14.4. The summed E-state index contributed by atoms with van der Waals surface area (Å²) in [7, 11) is 0. The van der Waals surface area contributed by atoms with E-state index in [9.17, 15) is 0 Å². The molecule has 0 bridgehead atoms. The van der Waals surface area contributed by atoms with E-state index in [0.29, 0.717) is 6.04 Å². The number of allylic oxidation sites excluding steroid dienone is 2. The second-order valence-corrected chi connectivity index (χ2v) is 4.47. The number of hydrogen-bond donors (Lipinski definition) is 2. The molecule has 0 aromatic carbocycles. The van der Waals surface area contributed by atoms with Crippen molar-refractivity contribution in [1.29, 1.82) is 0 Å². The molecule has 0 saturated carbocycles. The maximum atomic E-state index is 4.40. The van der Waals surface area contributed by atoms with Gasteiger partial charge in [0, 0.05) is 52.0 Å². The van der Waals surface area contributed by atoms with Crippen molar-refractivity contribution in [1.82, 2.24) is 15.5 Å². The lowest BCUT2D eigenvalue weighted by molar-refractivity contribution is 0.241. The summed E-state index contributed by atoms with van der Waals surface area (Å²) in [5.74, 6) is 0. The minimum atomic E-state index is 0.356. The van der Waals surface area contributed by atoms with Gasteiger partial charge in [-0.1, -0.05) is 6.08 Å². The molecular formula is C13H26N4. The second kappa shape index (κ2) is 9.33. The van der Waals surface area contributed by atoms with Crippen molar-refractivity contribution in [3.63, 3.8) is 0 Å². The summed E-state index contributed by atoms with van der Waals surface area (Å²) in [4.78, 5) is 6.90. The van der Waals surface area contributed by atoms with E-state index in [2.05, 4.69) is 27.4 Å². The fourth-order valence-electron chi connectivity index (χ4n) is 1.82. The van der Waals surface area contributed by atoms with Crippen molar-refractivity contribution in [3.8, 4) is 0 Å². The topological polar surface area (TPSA) is 39.7 Å². The van der Waals surface area contributed by atoms with Crippen LogP contribution >= 0.6 is 0 Å². The molecule has 0 aliphatic carbocycles. The van der Waals surface area contributed by atoms with Crippen LogP contribution in [0, 0.1) is 0 Å². The van der Waals surface area contributed by atoms with Gasteiger partial charge >= 0.3 is 0 Å². The summed E-state index contributed by atoms with van der Waals surface area (Å²) in [6.07, 6.45) is 5.84. The zero-order valence-corrected chi connectivity index (χ0v) is 11.2. The summed E-state index contributed by atoms with van der Waals surface area (Å²) >= 11 is 0. The molecular weight excluding hydrogens is 212 g/mol. The molecule has 1 fully saturated rings. The third-order valence-corrected chi connectivity index (χ3v) is 2.87. The van der Waals surface area contributed by atoms with Crippen LogP contribution in [0.5, 0.6) is 0 Å². The fraction of sp³-hybridized carbons (Fsp3) is 0.769. The van der Waals surface area contributed by atoms with Crippen LogP contribution in [-0.2, 0) is 0 Å². The van der Waals surface area contributed by atoms with E-state index >= 15 is 0 Å². The van der Waals surface area contributed by atoms with E-state index < -0.39 is 0 Å². The van der Waals surface area contributed by atoms with E-state index in [4.69, 9.17) is 0 Å². The number of nitrogens with one attached hydrogen (secondary N) is 2. The maximum absolute atomic E-state index is 4.40. The van der Waals surface area contributed by atoms with E-state index in [-0.39, 0.29) is 0 Å². The molecule has 1 rings (SSSR count). The van der Waals surface area contributed by atoms with Crippen molar-refractivity contribution in [2.45, 2.75) is 19.9 Å². The van der Waals surface area contributed by atoms with Crippen molar-refractivity contribution in [2.75, 3.05) is 45.8 Å². The fourth-order valence-corrected chi connectivity index (χ4v) is 1.82. The summed E-state index contributed by atoms with van der Waals surface area (Å²) in [5, 5.41) is 6.82. The molecule has 0 spiro atoms. The number of hydrogen-bond acceptors (Lipinski definition) is 4. The van der Waals surface area contributed by atoms with Crippen LogP contribution in [0.25, 0.3) is 0 Å². The quantitative estimate of drug-likeness (QED) is 0.502. The third kappa shape index (κ3) is 7.26. The Hall–Kier alpha value is -0.710. The van der Waals surface area contributed by atoms with Gasteiger partial charge < -0.3 is 10.6 Å². The molecule has 1 aliphatic heterocycles. The summed E-state index contributed by atoms with van der Waals surface area (Å²) < 4.78 is 0. The molecule has 2 N–H and O–H groups in total. The molecule has 1 atom stereocenters. The predicted molar refractivity (Wildman–Crippen MR) is 74.9 cm³/mol. The largest absolute Gasteiger partial charge is 0.314 e. The summed E-state index contributed by atoms with van der Waals surface area (Å²) in [6.45, 7) is 11.9. The lowest BCUT2D eigenvalue weighted by Crippen LogP contribution is -2.46. The lowest BCUT2D eigenvalue weighted by Gasteiger charge is -2.27. The van der Waals surface area contributed by atoms with Gasteiger partial charge in [-0.3, -0.25) is 9.89 Å². The summed E-state index contributed by atoms with van der Waals surface area (Å²) in [6, 6.07) is 0.356. The molecule has 0 radical (unpaired) electrons. The first-order valence-electron chi connectivity index (χ1n) is 6.61. The van der Waals surface area contributed by atoms with Gasteiger partial charge in [-0.05, 0) is 19.9 Å². The highest BCUT2D eigenvalue weighted by Crippen LogP contribution is 1.90. The Morgan fingerprint density at radius 2 is 2.18 bits per heavy atom. The standard InChI is InChI=1S/C13H26N4/c1-3-4-5-16-13(2)12-15-8-11-17-9-6-14-7-10-17/h3-5,13-15H,6-12H2,1-2H3/b4-3-,16-5?. The van der Waals surface area contributed by atoms with Crippen LogP contribution in [0.1, 0.15) is 13.8 Å². The van der Waals surface area contributed by atoms with E-state index in [1.54, 1.807) is 0 Å². The minimum Gasteiger partial charge on any atom is -0.314 e. The van der Waals surface area contributed by atoms with Crippen LogP contribution in [0.4, 0.5) is 0 Å². The van der Waals surface area contributed by atoms with Crippen LogP contribution < -0.4 is 10.6 Å². The monoisotopic (exact) mass is 238 g/mol. The van der Waals surface area contributed by atoms with Gasteiger partial charge in [0.25, 0.3) is 0 Å². The Kier molecular flexibility index (Phi) is 7.88. The van der Waals surface area contributed by atoms with Gasteiger partial charge in [0.15, 0.2) is 0 Å². The van der Waals surface area contributed by atoms with Crippen molar-refractivity contribution < 1.29 is 0 Å². The molecule has 1 heterocycles. The first-order valence-corrected chi connectivity index (χ1v) is 6.61. The Balaban J connectivity index is 1.99. The van der Waals surface area contributed by atoms with Gasteiger partial charge in [-0.2, -0.15) is 0 Å². The molecule has 1 saturated heterocycles. The zero-order chi connectivity index (χ0) is 12.3. The molecule has 4 nitrogen and oxygen atoms in total. The van der Waals surface area contributed by atoms with Crippen molar-refractivity contribution in [3.05, 3.63) is 12.2 Å². The number of piperazine rings is 1. The molecule has 0 aromatic heterocycles. The highest BCUT2D eigenvalue weighted by atomic mass is 15.2. The van der Waals surface area contributed by atoms with Crippen LogP contribution in [0.15, 0.2) is 17.1 Å². The van der Waals surface area contributed by atoms with E-state index in [0.717, 1.165) is 32.7 Å². The normalized spacial score (nSPS) is 20.4. The minimum absolute atomic E-state index is 0.356. The Bertz CT molecular complexity index is 232. The van der Waals surface area contributed by atoms with Gasteiger partial charge in [-0.15, -0.1) is 0 Å².